The van der Waals surface area contributed by atoms with E-state index < -0.39 is 28.2 Å². The van der Waals surface area contributed by atoms with Gasteiger partial charge >= 0.3 is 7.12 Å². The third-order valence-corrected chi connectivity index (χ3v) is 4.36. The van der Waals surface area contributed by atoms with Gasteiger partial charge < -0.3 is 10.0 Å². The zero-order valence-corrected chi connectivity index (χ0v) is 9.61. The molecule has 1 aromatic carbocycles. The minimum atomic E-state index is -3.50. The quantitative estimate of drug-likeness (QED) is 0.631. The zero-order valence-electron chi connectivity index (χ0n) is 8.80. The van der Waals surface area contributed by atoms with E-state index in [9.17, 15) is 12.8 Å². The summed E-state index contributed by atoms with van der Waals surface area (Å²) in [6.45, 7) is 0. The molecule has 1 saturated carbocycles. The van der Waals surface area contributed by atoms with Gasteiger partial charge in [-0.2, -0.15) is 0 Å². The van der Waals surface area contributed by atoms with Crippen molar-refractivity contribution in [1.29, 1.82) is 0 Å². The summed E-state index contributed by atoms with van der Waals surface area (Å²) in [6, 6.07) is 3.11. The number of nitrogens with one attached hydrogen (secondary N) is 1. The van der Waals surface area contributed by atoms with Crippen LogP contribution in [0.15, 0.2) is 18.2 Å². The van der Waals surface area contributed by atoms with Gasteiger partial charge in [0.05, 0.1) is 5.25 Å². The first-order valence-corrected chi connectivity index (χ1v) is 6.62. The Morgan fingerprint density at radius 3 is 2.53 bits per heavy atom. The molecule has 1 aromatic rings. The molecule has 3 N–H and O–H groups in total. The Hall–Kier alpha value is -1.12. The van der Waals surface area contributed by atoms with E-state index in [0.717, 1.165) is 12.1 Å². The van der Waals surface area contributed by atoms with E-state index in [-0.39, 0.29) is 11.2 Å². The summed E-state index contributed by atoms with van der Waals surface area (Å²) < 4.78 is 38.5. The van der Waals surface area contributed by atoms with Crippen molar-refractivity contribution in [1.82, 2.24) is 0 Å². The van der Waals surface area contributed by atoms with Crippen LogP contribution in [0.1, 0.15) is 12.8 Å². The molecule has 0 bridgehead atoms. The number of halogens is 1. The normalized spacial score (nSPS) is 15.7. The van der Waals surface area contributed by atoms with Crippen LogP contribution >= 0.6 is 0 Å². The standard InChI is InChI=1S/C9H11BFNO4S/c11-6-1-4-9(8(5-6)10(13)14)12-17(15,16)7-2-3-7/h1,4-5,7,12-14H,2-3H2. The van der Waals surface area contributed by atoms with Gasteiger partial charge in [0, 0.05) is 11.2 Å². The zero-order chi connectivity index (χ0) is 12.6. The number of sulfonamides is 1. The van der Waals surface area contributed by atoms with Gasteiger partial charge in [-0.25, -0.2) is 12.8 Å². The van der Waals surface area contributed by atoms with Crippen LogP contribution in [-0.2, 0) is 10.0 Å². The first kappa shape index (κ1) is 12.3. The molecule has 17 heavy (non-hydrogen) atoms. The third-order valence-electron chi connectivity index (χ3n) is 2.51. The topological polar surface area (TPSA) is 86.6 Å². The number of benzene rings is 1. The molecular formula is C9H11BFNO4S. The molecule has 2 rings (SSSR count). The van der Waals surface area contributed by atoms with E-state index in [4.69, 9.17) is 10.0 Å². The monoisotopic (exact) mass is 259 g/mol. The fourth-order valence-electron chi connectivity index (χ4n) is 1.46. The van der Waals surface area contributed by atoms with Crippen LogP contribution in [0.2, 0.25) is 0 Å². The Kier molecular flexibility index (Phi) is 3.11. The lowest BCUT2D eigenvalue weighted by Gasteiger charge is -2.11. The van der Waals surface area contributed by atoms with Gasteiger partial charge in [-0.3, -0.25) is 4.72 Å². The highest BCUT2D eigenvalue weighted by Crippen LogP contribution is 2.29. The molecule has 0 aliphatic heterocycles. The molecule has 0 atom stereocenters. The summed E-state index contributed by atoms with van der Waals surface area (Å²) in [6.07, 6.45) is 1.18. The molecule has 1 fully saturated rings. The smallest absolute Gasteiger partial charge is 0.423 e. The van der Waals surface area contributed by atoms with Gasteiger partial charge in [0.25, 0.3) is 0 Å². The summed E-state index contributed by atoms with van der Waals surface area (Å²) in [5.74, 6) is -0.664. The Balaban J connectivity index is 2.32. The number of hydrogen-bond acceptors (Lipinski definition) is 4. The molecule has 8 heteroatoms. The second-order valence-electron chi connectivity index (χ2n) is 3.95. The Bertz CT molecular complexity index is 530. The molecule has 0 amide bonds. The fraction of sp³-hybridized carbons (Fsp3) is 0.333. The van der Waals surface area contributed by atoms with Crippen LogP contribution in [0, 0.1) is 5.82 Å². The van der Waals surface area contributed by atoms with Crippen LogP contribution in [0.4, 0.5) is 10.1 Å². The van der Waals surface area contributed by atoms with Gasteiger partial charge in [0.2, 0.25) is 10.0 Å². The maximum absolute atomic E-state index is 12.9. The summed E-state index contributed by atoms with van der Waals surface area (Å²) in [5.41, 5.74) is -0.206. The second kappa shape index (κ2) is 4.28. The molecule has 0 spiro atoms. The van der Waals surface area contributed by atoms with Crippen molar-refractivity contribution in [2.75, 3.05) is 4.72 Å². The molecule has 5 nitrogen and oxygen atoms in total. The van der Waals surface area contributed by atoms with E-state index >= 15 is 0 Å². The van der Waals surface area contributed by atoms with E-state index in [1.165, 1.54) is 6.07 Å². The highest BCUT2D eigenvalue weighted by Gasteiger charge is 2.36. The predicted molar refractivity (Wildman–Crippen MR) is 61.8 cm³/mol. The van der Waals surface area contributed by atoms with Gasteiger partial charge in [-0.05, 0) is 31.0 Å². The summed E-state index contributed by atoms with van der Waals surface area (Å²) >= 11 is 0. The van der Waals surface area contributed by atoms with Gasteiger partial charge in [0.1, 0.15) is 5.82 Å². The highest BCUT2D eigenvalue weighted by molar-refractivity contribution is 7.93. The van der Waals surface area contributed by atoms with Crippen LogP contribution in [-0.4, -0.2) is 30.8 Å². The van der Waals surface area contributed by atoms with E-state index in [1.807, 2.05) is 0 Å². The molecule has 0 heterocycles. The van der Waals surface area contributed by atoms with Crippen LogP contribution in [0.25, 0.3) is 0 Å². The summed E-state index contributed by atoms with van der Waals surface area (Å²) in [5, 5.41) is 17.6. The lowest BCUT2D eigenvalue weighted by atomic mass is 9.79. The van der Waals surface area contributed by atoms with Crippen LogP contribution in [0.3, 0.4) is 0 Å². The van der Waals surface area contributed by atoms with Crippen molar-refractivity contribution in [3.05, 3.63) is 24.0 Å². The summed E-state index contributed by atoms with van der Waals surface area (Å²) in [4.78, 5) is 0. The van der Waals surface area contributed by atoms with Crippen molar-refractivity contribution in [3.8, 4) is 0 Å². The minimum Gasteiger partial charge on any atom is -0.423 e. The van der Waals surface area contributed by atoms with E-state index in [2.05, 4.69) is 4.72 Å². The number of anilines is 1. The first-order chi connectivity index (χ1) is 7.90. The van der Waals surface area contributed by atoms with Gasteiger partial charge in [0.15, 0.2) is 0 Å². The fourth-order valence-corrected chi connectivity index (χ4v) is 2.87. The molecule has 1 aliphatic carbocycles. The van der Waals surface area contributed by atoms with Crippen LogP contribution in [0.5, 0.6) is 0 Å². The molecule has 0 saturated heterocycles. The van der Waals surface area contributed by atoms with Crippen LogP contribution < -0.4 is 10.2 Å². The van der Waals surface area contributed by atoms with Gasteiger partial charge in [-0.1, -0.05) is 0 Å². The summed E-state index contributed by atoms with van der Waals surface area (Å²) in [7, 11) is -5.43. The van der Waals surface area contributed by atoms with Crippen molar-refractivity contribution in [2.45, 2.75) is 18.1 Å². The largest absolute Gasteiger partial charge is 0.490 e. The van der Waals surface area contributed by atoms with Crippen molar-refractivity contribution in [3.63, 3.8) is 0 Å². The van der Waals surface area contributed by atoms with E-state index in [0.29, 0.717) is 12.8 Å². The third kappa shape index (κ3) is 2.77. The minimum absolute atomic E-state index is 0.00620. The average Bonchev–Trinajstić information content (AvgIpc) is 3.03. The highest BCUT2D eigenvalue weighted by atomic mass is 32.2. The first-order valence-electron chi connectivity index (χ1n) is 5.07. The van der Waals surface area contributed by atoms with E-state index in [1.54, 1.807) is 0 Å². The maximum atomic E-state index is 12.9. The maximum Gasteiger partial charge on any atom is 0.490 e. The predicted octanol–water partition coefficient (Wildman–Crippen LogP) is -0.590. The lowest BCUT2D eigenvalue weighted by Crippen LogP contribution is -2.34. The molecule has 0 unspecified atom stereocenters. The molecule has 0 radical (unpaired) electrons. The Labute approximate surface area is 98.5 Å². The Morgan fingerprint density at radius 2 is 2.00 bits per heavy atom. The van der Waals surface area contributed by atoms with Crippen molar-refractivity contribution in [2.24, 2.45) is 0 Å². The molecular weight excluding hydrogens is 248 g/mol. The average molecular weight is 259 g/mol. The molecule has 0 aromatic heterocycles. The number of hydrogen-bond donors (Lipinski definition) is 3. The second-order valence-corrected chi connectivity index (χ2v) is 5.91. The lowest BCUT2D eigenvalue weighted by molar-refractivity contribution is 0.425. The Morgan fingerprint density at radius 1 is 1.35 bits per heavy atom. The molecule has 92 valence electrons. The number of rotatable bonds is 4. The van der Waals surface area contributed by atoms with Crippen molar-refractivity contribution < 1.29 is 22.9 Å². The molecule has 1 aliphatic rings. The van der Waals surface area contributed by atoms with Crippen molar-refractivity contribution >= 4 is 28.3 Å². The van der Waals surface area contributed by atoms with Gasteiger partial charge in [-0.15, -0.1) is 0 Å². The SMILES string of the molecule is O=S(=O)(Nc1ccc(F)cc1B(O)O)C1CC1.